The number of phenolic OH excluding ortho intramolecular Hbond substituents is 1. The number of nitrogens with one attached hydrogen (secondary N) is 1. The Morgan fingerprint density at radius 1 is 1.23 bits per heavy atom. The monoisotopic (exact) mass is 423 g/mol. The minimum Gasteiger partial charge on any atom is -0.504 e. The van der Waals surface area contributed by atoms with Crippen LogP contribution >= 0.6 is 0 Å². The first-order chi connectivity index (χ1) is 15.0. The van der Waals surface area contributed by atoms with Gasteiger partial charge in [-0.3, -0.25) is 4.57 Å². The van der Waals surface area contributed by atoms with Crippen molar-refractivity contribution in [2.45, 2.75) is 19.9 Å². The zero-order chi connectivity index (χ0) is 22.0. The largest absolute Gasteiger partial charge is 0.504 e. The predicted octanol–water partition coefficient (Wildman–Crippen LogP) is 3.62. The number of aromatic nitrogens is 2. The van der Waals surface area contributed by atoms with Gasteiger partial charge in [-0.2, -0.15) is 0 Å². The molecule has 8 heteroatoms. The Morgan fingerprint density at radius 2 is 2.03 bits per heavy atom. The quantitative estimate of drug-likeness (QED) is 0.443. The summed E-state index contributed by atoms with van der Waals surface area (Å²) >= 11 is 0. The number of carbonyl (C=O) groups excluding carboxylic acids is 1. The van der Waals surface area contributed by atoms with E-state index in [-0.39, 0.29) is 12.4 Å². The molecule has 2 heterocycles. The number of phenols is 1. The Balaban J connectivity index is 1.88. The summed E-state index contributed by atoms with van der Waals surface area (Å²) in [4.78, 5) is 17.8. The van der Waals surface area contributed by atoms with Crippen LogP contribution in [-0.2, 0) is 14.3 Å². The fourth-order valence-corrected chi connectivity index (χ4v) is 3.81. The number of para-hydroxylation sites is 2. The SMILES string of the molecule is CCOc1cc([C@H]2C(C(=O)OCCOC)=C(C)Nc3nc4ccccc4n32)ccc1O. The van der Waals surface area contributed by atoms with Crippen molar-refractivity contribution in [2.24, 2.45) is 0 Å². The zero-order valence-corrected chi connectivity index (χ0v) is 17.7. The smallest absolute Gasteiger partial charge is 0.338 e. The lowest BCUT2D eigenvalue weighted by Crippen LogP contribution is -2.29. The molecule has 3 aromatic rings. The lowest BCUT2D eigenvalue weighted by atomic mass is 9.94. The van der Waals surface area contributed by atoms with E-state index >= 15 is 0 Å². The number of rotatable bonds is 7. The highest BCUT2D eigenvalue weighted by Gasteiger charge is 2.35. The summed E-state index contributed by atoms with van der Waals surface area (Å²) < 4.78 is 18.0. The fourth-order valence-electron chi connectivity index (χ4n) is 3.81. The second-order valence-corrected chi connectivity index (χ2v) is 7.15. The number of fused-ring (bicyclic) bond motifs is 3. The molecular formula is C23H25N3O5. The number of nitrogens with zero attached hydrogens (tertiary/aromatic N) is 2. The third-order valence-corrected chi connectivity index (χ3v) is 5.17. The van der Waals surface area contributed by atoms with Crippen LogP contribution in [0.3, 0.4) is 0 Å². The summed E-state index contributed by atoms with van der Waals surface area (Å²) in [5.41, 5.74) is 3.56. The Morgan fingerprint density at radius 3 is 2.81 bits per heavy atom. The molecule has 2 N–H and O–H groups in total. The van der Waals surface area contributed by atoms with Gasteiger partial charge in [0.15, 0.2) is 11.5 Å². The summed E-state index contributed by atoms with van der Waals surface area (Å²) in [6.45, 7) is 4.54. The van der Waals surface area contributed by atoms with Crippen LogP contribution in [-0.4, -0.2) is 47.6 Å². The van der Waals surface area contributed by atoms with Gasteiger partial charge in [0.2, 0.25) is 5.95 Å². The van der Waals surface area contributed by atoms with E-state index in [1.54, 1.807) is 25.3 Å². The van der Waals surface area contributed by atoms with Gasteiger partial charge in [0.25, 0.3) is 0 Å². The summed E-state index contributed by atoms with van der Waals surface area (Å²) in [5, 5.41) is 13.4. The topological polar surface area (TPSA) is 94.8 Å². The lowest BCUT2D eigenvalue weighted by Gasteiger charge is -2.30. The van der Waals surface area contributed by atoms with Gasteiger partial charge in [-0.1, -0.05) is 18.2 Å². The van der Waals surface area contributed by atoms with Gasteiger partial charge in [0.05, 0.1) is 35.9 Å². The van der Waals surface area contributed by atoms with Crippen LogP contribution in [0.25, 0.3) is 11.0 Å². The summed E-state index contributed by atoms with van der Waals surface area (Å²) in [6.07, 6.45) is 0. The normalized spacial score (nSPS) is 15.5. The fraction of sp³-hybridized carbons (Fsp3) is 0.304. The molecule has 1 aliphatic rings. The number of carbonyl (C=O) groups is 1. The summed E-state index contributed by atoms with van der Waals surface area (Å²) in [6, 6.07) is 12.3. The number of aromatic hydroxyl groups is 1. The van der Waals surface area contributed by atoms with Crippen LogP contribution in [0.5, 0.6) is 11.5 Å². The molecule has 0 radical (unpaired) electrons. The van der Waals surface area contributed by atoms with Crippen LogP contribution in [0.2, 0.25) is 0 Å². The maximum atomic E-state index is 13.1. The molecule has 162 valence electrons. The van der Waals surface area contributed by atoms with Gasteiger partial charge in [-0.15, -0.1) is 0 Å². The van der Waals surface area contributed by atoms with E-state index in [2.05, 4.69) is 10.3 Å². The first-order valence-corrected chi connectivity index (χ1v) is 10.1. The summed E-state index contributed by atoms with van der Waals surface area (Å²) in [7, 11) is 1.55. The molecule has 2 aromatic carbocycles. The minimum absolute atomic E-state index is 0.0418. The highest BCUT2D eigenvalue weighted by Crippen LogP contribution is 2.41. The number of anilines is 1. The van der Waals surface area contributed by atoms with E-state index in [0.717, 1.165) is 16.6 Å². The number of hydrogen-bond donors (Lipinski definition) is 2. The number of hydrogen-bond acceptors (Lipinski definition) is 7. The Bertz CT molecular complexity index is 1150. The van der Waals surface area contributed by atoms with Crippen molar-refractivity contribution in [1.82, 2.24) is 9.55 Å². The number of allylic oxidation sites excluding steroid dienone is 1. The molecule has 1 aliphatic heterocycles. The van der Waals surface area contributed by atoms with E-state index in [4.69, 9.17) is 14.2 Å². The van der Waals surface area contributed by atoms with Crippen molar-refractivity contribution < 1.29 is 24.1 Å². The molecular weight excluding hydrogens is 398 g/mol. The van der Waals surface area contributed by atoms with Crippen LogP contribution in [0.1, 0.15) is 25.5 Å². The van der Waals surface area contributed by atoms with Crippen LogP contribution in [0.4, 0.5) is 5.95 Å². The van der Waals surface area contributed by atoms with Crippen LogP contribution < -0.4 is 10.1 Å². The van der Waals surface area contributed by atoms with Gasteiger partial charge < -0.3 is 24.6 Å². The highest BCUT2D eigenvalue weighted by atomic mass is 16.6. The van der Waals surface area contributed by atoms with Crippen molar-refractivity contribution in [3.8, 4) is 11.5 Å². The minimum atomic E-state index is -0.515. The van der Waals surface area contributed by atoms with Crippen molar-refractivity contribution in [2.75, 3.05) is 32.2 Å². The Hall–Kier alpha value is -3.52. The third kappa shape index (κ3) is 3.82. The van der Waals surface area contributed by atoms with E-state index in [0.29, 0.717) is 36.2 Å². The predicted molar refractivity (Wildman–Crippen MR) is 116 cm³/mol. The van der Waals surface area contributed by atoms with Gasteiger partial charge >= 0.3 is 5.97 Å². The maximum absolute atomic E-state index is 13.1. The molecule has 0 unspecified atom stereocenters. The van der Waals surface area contributed by atoms with Crippen LogP contribution in [0, 0.1) is 0 Å². The van der Waals surface area contributed by atoms with E-state index < -0.39 is 12.0 Å². The number of ether oxygens (including phenoxy) is 3. The Labute approximate surface area is 180 Å². The van der Waals surface area contributed by atoms with Gasteiger partial charge in [0, 0.05) is 12.8 Å². The first kappa shape index (κ1) is 20.7. The molecule has 0 bridgehead atoms. The average Bonchev–Trinajstić information content (AvgIpc) is 3.12. The zero-order valence-electron chi connectivity index (χ0n) is 17.7. The molecule has 0 saturated heterocycles. The number of methoxy groups -OCH3 is 1. The molecule has 31 heavy (non-hydrogen) atoms. The first-order valence-electron chi connectivity index (χ1n) is 10.1. The van der Waals surface area contributed by atoms with Crippen LogP contribution in [0.15, 0.2) is 53.7 Å². The molecule has 0 saturated carbocycles. The lowest BCUT2D eigenvalue weighted by molar-refractivity contribution is -0.140. The summed E-state index contributed by atoms with van der Waals surface area (Å²) in [5.74, 6) is 0.583. The number of esters is 1. The van der Waals surface area contributed by atoms with E-state index in [9.17, 15) is 9.90 Å². The standard InChI is InChI=1S/C23H25N3O5/c1-4-30-19-13-15(9-10-18(19)27)21-20(22(28)31-12-11-29-3)14(2)24-23-25-16-7-5-6-8-17(16)26(21)23/h5-10,13,21,27H,4,11-12H2,1-3H3,(H,24,25)/t21-/m0/s1. The molecule has 1 aromatic heterocycles. The van der Waals surface area contributed by atoms with Crippen molar-refractivity contribution >= 4 is 23.0 Å². The second-order valence-electron chi connectivity index (χ2n) is 7.15. The van der Waals surface area contributed by atoms with Gasteiger partial charge in [-0.25, -0.2) is 9.78 Å². The molecule has 4 rings (SSSR count). The number of imidazole rings is 1. The molecule has 0 fully saturated rings. The van der Waals surface area contributed by atoms with E-state index in [1.165, 1.54) is 0 Å². The highest BCUT2D eigenvalue weighted by molar-refractivity contribution is 5.94. The third-order valence-electron chi connectivity index (χ3n) is 5.17. The number of benzene rings is 2. The van der Waals surface area contributed by atoms with E-state index in [1.807, 2.05) is 42.7 Å². The molecule has 0 spiro atoms. The average molecular weight is 423 g/mol. The maximum Gasteiger partial charge on any atom is 0.338 e. The van der Waals surface area contributed by atoms with Crippen molar-refractivity contribution in [3.05, 3.63) is 59.3 Å². The molecule has 1 atom stereocenters. The molecule has 0 amide bonds. The van der Waals surface area contributed by atoms with Gasteiger partial charge in [0.1, 0.15) is 6.61 Å². The van der Waals surface area contributed by atoms with Crippen molar-refractivity contribution in [3.63, 3.8) is 0 Å². The van der Waals surface area contributed by atoms with Gasteiger partial charge in [-0.05, 0) is 43.7 Å². The Kier molecular flexibility index (Phi) is 5.81. The second kappa shape index (κ2) is 8.69. The molecule has 0 aliphatic carbocycles. The van der Waals surface area contributed by atoms with Crippen molar-refractivity contribution in [1.29, 1.82) is 0 Å². The molecule has 8 nitrogen and oxygen atoms in total.